The molecule has 3 rings (SSSR count). The van der Waals surface area contributed by atoms with Crippen molar-refractivity contribution in [3.05, 3.63) is 35.9 Å². The summed E-state index contributed by atoms with van der Waals surface area (Å²) in [5.41, 5.74) is 0.999. The Morgan fingerprint density at radius 1 is 1.20 bits per heavy atom. The van der Waals surface area contributed by atoms with Crippen molar-refractivity contribution in [3.8, 4) is 0 Å². The molecular formula is C16H18N2O5S2. The van der Waals surface area contributed by atoms with Crippen LogP contribution in [0.1, 0.15) is 18.4 Å². The summed E-state index contributed by atoms with van der Waals surface area (Å²) in [6.45, 7) is 0.468. The molecule has 0 radical (unpaired) electrons. The van der Waals surface area contributed by atoms with Crippen LogP contribution in [0.5, 0.6) is 0 Å². The molecule has 0 aromatic heterocycles. The Bertz CT molecular complexity index is 807. The minimum absolute atomic E-state index is 0.0554. The van der Waals surface area contributed by atoms with Crippen LogP contribution in [0, 0.1) is 0 Å². The quantitative estimate of drug-likeness (QED) is 0.814. The van der Waals surface area contributed by atoms with Gasteiger partial charge in [0.05, 0.1) is 24.0 Å². The van der Waals surface area contributed by atoms with E-state index >= 15 is 0 Å². The van der Waals surface area contributed by atoms with Gasteiger partial charge in [-0.15, -0.1) is 0 Å². The number of fused-ring (bicyclic) bond motifs is 1. The summed E-state index contributed by atoms with van der Waals surface area (Å²) in [5, 5.41) is 9.03. The number of carbonyl (C=O) groups is 2. The normalized spacial score (nSPS) is 25.9. The van der Waals surface area contributed by atoms with Gasteiger partial charge in [-0.25, -0.2) is 8.42 Å². The molecule has 0 saturated carbocycles. The third-order valence-corrected chi connectivity index (χ3v) is 7.39. The molecule has 1 N–H and O–H groups in total. The molecule has 2 atom stereocenters. The van der Waals surface area contributed by atoms with Crippen LogP contribution in [-0.2, 0) is 26.0 Å². The highest BCUT2D eigenvalue weighted by Crippen LogP contribution is 2.39. The second-order valence-corrected chi connectivity index (χ2v) is 9.46. The number of sulfone groups is 1. The van der Waals surface area contributed by atoms with E-state index in [0.29, 0.717) is 11.7 Å². The molecule has 0 spiro atoms. The molecule has 1 aromatic carbocycles. The van der Waals surface area contributed by atoms with Gasteiger partial charge in [0.1, 0.15) is 0 Å². The molecule has 2 fully saturated rings. The first-order valence-corrected chi connectivity index (χ1v) is 10.5. The maximum absolute atomic E-state index is 11.9. The summed E-state index contributed by atoms with van der Waals surface area (Å²) in [5.74, 6) is -1.40. The van der Waals surface area contributed by atoms with Crippen LogP contribution in [-0.4, -0.2) is 58.3 Å². The van der Waals surface area contributed by atoms with Crippen LogP contribution in [0.3, 0.4) is 0 Å². The van der Waals surface area contributed by atoms with Crippen molar-refractivity contribution in [2.45, 2.75) is 30.7 Å². The van der Waals surface area contributed by atoms with Crippen LogP contribution < -0.4 is 0 Å². The molecule has 2 heterocycles. The molecule has 2 saturated heterocycles. The Labute approximate surface area is 150 Å². The van der Waals surface area contributed by atoms with Gasteiger partial charge in [-0.1, -0.05) is 42.1 Å². The predicted octanol–water partition coefficient (Wildman–Crippen LogP) is 1.15. The van der Waals surface area contributed by atoms with Gasteiger partial charge >= 0.3 is 5.97 Å². The van der Waals surface area contributed by atoms with E-state index in [-0.39, 0.29) is 35.6 Å². The molecule has 0 aliphatic carbocycles. The summed E-state index contributed by atoms with van der Waals surface area (Å²) in [4.78, 5) is 28.5. The number of aliphatic carboxylic acids is 1. The number of thioether (sulfide) groups is 1. The molecule has 25 heavy (non-hydrogen) atoms. The van der Waals surface area contributed by atoms with Crippen molar-refractivity contribution in [3.63, 3.8) is 0 Å². The van der Waals surface area contributed by atoms with Crippen LogP contribution in [0.2, 0.25) is 0 Å². The first-order valence-electron chi connectivity index (χ1n) is 7.85. The number of nitrogens with zero attached hydrogens (tertiary/aromatic N) is 2. The minimum atomic E-state index is -3.08. The van der Waals surface area contributed by atoms with Crippen molar-refractivity contribution in [1.29, 1.82) is 0 Å². The zero-order valence-corrected chi connectivity index (χ0v) is 15.0. The van der Waals surface area contributed by atoms with Gasteiger partial charge in [-0.2, -0.15) is 4.99 Å². The topological polar surface area (TPSA) is 104 Å². The highest BCUT2D eigenvalue weighted by atomic mass is 32.2. The first-order chi connectivity index (χ1) is 11.8. The van der Waals surface area contributed by atoms with Gasteiger partial charge < -0.3 is 10.0 Å². The lowest BCUT2D eigenvalue weighted by Crippen LogP contribution is -2.37. The maximum atomic E-state index is 11.9. The van der Waals surface area contributed by atoms with Crippen LogP contribution in [0.25, 0.3) is 0 Å². The minimum Gasteiger partial charge on any atom is -0.481 e. The zero-order chi connectivity index (χ0) is 18.0. The van der Waals surface area contributed by atoms with Crippen molar-refractivity contribution >= 4 is 38.6 Å². The van der Waals surface area contributed by atoms with Crippen LogP contribution in [0.15, 0.2) is 35.3 Å². The third-order valence-electron chi connectivity index (χ3n) is 4.14. The average Bonchev–Trinajstić information content (AvgIpc) is 2.99. The Morgan fingerprint density at radius 2 is 1.92 bits per heavy atom. The lowest BCUT2D eigenvalue weighted by molar-refractivity contribution is -0.138. The van der Waals surface area contributed by atoms with Gasteiger partial charge in [-0.05, 0) is 5.56 Å². The molecule has 1 aromatic rings. The molecule has 134 valence electrons. The van der Waals surface area contributed by atoms with Crippen molar-refractivity contribution in [1.82, 2.24) is 4.90 Å². The number of carbonyl (C=O) groups excluding carboxylic acids is 1. The van der Waals surface area contributed by atoms with Crippen molar-refractivity contribution in [2.75, 3.05) is 11.5 Å². The smallest absolute Gasteiger partial charge is 0.303 e. The molecule has 7 nitrogen and oxygen atoms in total. The summed E-state index contributed by atoms with van der Waals surface area (Å²) in [7, 11) is -3.08. The Kier molecular flexibility index (Phi) is 5.14. The number of carboxylic acids is 1. The molecule has 2 aliphatic rings. The van der Waals surface area contributed by atoms with E-state index in [1.165, 1.54) is 11.8 Å². The van der Waals surface area contributed by atoms with Crippen molar-refractivity contribution < 1.29 is 23.1 Å². The van der Waals surface area contributed by atoms with Gasteiger partial charge in [-0.3, -0.25) is 9.59 Å². The highest BCUT2D eigenvalue weighted by molar-refractivity contribution is 8.15. The highest BCUT2D eigenvalue weighted by Gasteiger charge is 2.48. The molecular weight excluding hydrogens is 364 g/mol. The number of carboxylic acid groups (broad SMARTS) is 1. The summed E-state index contributed by atoms with van der Waals surface area (Å²) >= 11 is 1.30. The number of hydrogen-bond acceptors (Lipinski definition) is 5. The second-order valence-electron chi connectivity index (χ2n) is 6.10. The third kappa shape index (κ3) is 4.40. The van der Waals surface area contributed by atoms with Gasteiger partial charge in [0.25, 0.3) is 0 Å². The number of hydrogen-bond donors (Lipinski definition) is 1. The largest absolute Gasteiger partial charge is 0.481 e. The fourth-order valence-corrected chi connectivity index (χ4v) is 6.95. The van der Waals surface area contributed by atoms with Gasteiger partial charge in [0.2, 0.25) is 5.91 Å². The first kappa shape index (κ1) is 17.9. The van der Waals surface area contributed by atoms with E-state index in [2.05, 4.69) is 4.99 Å². The van der Waals surface area contributed by atoms with E-state index in [1.807, 2.05) is 35.2 Å². The van der Waals surface area contributed by atoms with E-state index in [1.54, 1.807) is 0 Å². The fraction of sp³-hybridized carbons (Fsp3) is 0.438. The molecule has 1 amide bonds. The van der Waals surface area contributed by atoms with Crippen LogP contribution in [0.4, 0.5) is 0 Å². The standard InChI is InChI=1S/C16H18N2O5S2/c19-14(6-7-15(20)21)17-16-18(8-11-4-2-1-3-5-11)12-9-25(22,23)10-13(12)24-16/h1-5,12-13H,6-10H2,(H,20,21)/t12-,13+/m0/s1. The number of amidine groups is 1. The predicted molar refractivity (Wildman–Crippen MR) is 95.1 cm³/mol. The molecule has 9 heteroatoms. The number of benzene rings is 1. The SMILES string of the molecule is O=C(O)CCC(=O)N=C1S[C@@H]2CS(=O)(=O)C[C@@H]2N1Cc1ccccc1. The Balaban J connectivity index is 1.81. The van der Waals surface area contributed by atoms with E-state index in [4.69, 9.17) is 5.11 Å². The maximum Gasteiger partial charge on any atom is 0.303 e. The summed E-state index contributed by atoms with van der Waals surface area (Å²) < 4.78 is 23.9. The van der Waals surface area contributed by atoms with Gasteiger partial charge in [0, 0.05) is 18.2 Å². The second kappa shape index (κ2) is 7.17. The number of rotatable bonds is 5. The van der Waals surface area contributed by atoms with E-state index < -0.39 is 21.7 Å². The lowest BCUT2D eigenvalue weighted by atomic mass is 10.1. The van der Waals surface area contributed by atoms with Gasteiger partial charge in [0.15, 0.2) is 15.0 Å². The lowest BCUT2D eigenvalue weighted by Gasteiger charge is -2.24. The monoisotopic (exact) mass is 382 g/mol. The molecule has 2 aliphatic heterocycles. The number of aliphatic imine (C=N–C) groups is 1. The molecule has 0 bridgehead atoms. The Hall–Kier alpha value is -1.87. The summed E-state index contributed by atoms with van der Waals surface area (Å²) in [6.07, 6.45) is -0.424. The van der Waals surface area contributed by atoms with Crippen LogP contribution >= 0.6 is 11.8 Å². The fourth-order valence-electron chi connectivity index (χ4n) is 2.98. The summed E-state index contributed by atoms with van der Waals surface area (Å²) in [6, 6.07) is 9.36. The zero-order valence-electron chi connectivity index (χ0n) is 13.4. The van der Waals surface area contributed by atoms with E-state index in [9.17, 15) is 18.0 Å². The molecule has 0 unspecified atom stereocenters. The van der Waals surface area contributed by atoms with Crippen molar-refractivity contribution in [2.24, 2.45) is 4.99 Å². The van der Waals surface area contributed by atoms with E-state index in [0.717, 1.165) is 5.56 Å². The number of amides is 1. The average molecular weight is 382 g/mol. The Morgan fingerprint density at radius 3 is 2.60 bits per heavy atom.